The maximum Gasteiger partial charge on any atom is 0.762 e. The van der Waals surface area contributed by atoms with Gasteiger partial charge in [0.2, 0.25) is 6.33 Å². The zero-order chi connectivity index (χ0) is 31.1. The van der Waals surface area contributed by atoms with Crippen molar-refractivity contribution in [1.82, 2.24) is 4.57 Å². The van der Waals surface area contributed by atoms with Crippen LogP contribution in [0.1, 0.15) is 39.0 Å². The van der Waals surface area contributed by atoms with Crippen molar-refractivity contribution in [2.75, 3.05) is 19.8 Å². The maximum absolute atomic E-state index is 12.4. The molecule has 2 aliphatic rings. The molecule has 0 bridgehead atoms. The molecular weight excluding hydrogens is 602 g/mol. The summed E-state index contributed by atoms with van der Waals surface area (Å²) in [6.45, 7) is 2.63. The Balaban J connectivity index is 0.00000174. The molecule has 1 unspecified atom stereocenters. The Morgan fingerprint density at radius 1 is 1.12 bits per heavy atom. The van der Waals surface area contributed by atoms with E-state index in [1.165, 1.54) is 0 Å². The standard InChI is InChI=1S/C23H33B2N3O9P.BF3.FH/c1-3-16-18(12-21(25)34-16)37-38(32-9-4-5-26)33-14-19-17(11-20(24)35-19)36-23(30)13-22(29)31-10-8-28-7-6-27(2)15-28;2-1(3)4;/h6-7,15-21H,3-4,8-14H2,1-2H3;;1H/q+1;;/p-1/t16-,17-,18-,19-,20-,21-,38?;;/m1../s1. The van der Waals surface area contributed by atoms with Crippen LogP contribution in [0.4, 0.5) is 12.9 Å². The lowest BCUT2D eigenvalue weighted by atomic mass is 9.96. The molecule has 1 aromatic rings. The largest absolute Gasteiger partial charge is 1.00 e. The van der Waals surface area contributed by atoms with E-state index in [0.717, 1.165) is 0 Å². The zero-order valence-corrected chi connectivity index (χ0v) is 24.7. The molecule has 7 atom stereocenters. The lowest BCUT2D eigenvalue weighted by Crippen LogP contribution is -3.00. The molecule has 43 heavy (non-hydrogen) atoms. The molecule has 20 heteroatoms. The minimum Gasteiger partial charge on any atom is -1.00 e. The molecule has 0 aromatic carbocycles. The number of ether oxygens (including phenoxy) is 4. The second-order valence-corrected chi connectivity index (χ2v) is 10.4. The van der Waals surface area contributed by atoms with Crippen molar-refractivity contribution in [2.45, 2.75) is 82.0 Å². The Kier molecular flexibility index (Phi) is 18.7. The van der Waals surface area contributed by atoms with E-state index in [0.29, 0.717) is 19.4 Å². The van der Waals surface area contributed by atoms with Crippen molar-refractivity contribution in [3.05, 3.63) is 18.7 Å². The van der Waals surface area contributed by atoms with Gasteiger partial charge in [-0.3, -0.25) is 22.5 Å². The van der Waals surface area contributed by atoms with Crippen molar-refractivity contribution in [3.8, 4) is 6.07 Å². The molecule has 0 N–H and O–H groups in total. The third kappa shape index (κ3) is 15.4. The van der Waals surface area contributed by atoms with Gasteiger partial charge in [0, 0.05) is 18.4 Å². The minimum absolute atomic E-state index is 0. The average Bonchev–Trinajstić information content (AvgIpc) is 3.59. The molecular formula is C23H33B3F4N3O9P. The predicted molar refractivity (Wildman–Crippen MR) is 142 cm³/mol. The third-order valence-electron chi connectivity index (χ3n) is 5.84. The second-order valence-electron chi connectivity index (χ2n) is 9.20. The third-order valence-corrected chi connectivity index (χ3v) is 7.04. The van der Waals surface area contributed by atoms with Gasteiger partial charge >= 0.3 is 28.1 Å². The van der Waals surface area contributed by atoms with E-state index in [1.807, 2.05) is 47.9 Å². The minimum atomic E-state index is -3.67. The van der Waals surface area contributed by atoms with E-state index in [2.05, 4.69) is 0 Å². The van der Waals surface area contributed by atoms with Gasteiger partial charge < -0.3 is 37.2 Å². The van der Waals surface area contributed by atoms with Crippen LogP contribution in [0.3, 0.4) is 0 Å². The Morgan fingerprint density at radius 3 is 2.37 bits per heavy atom. The average molecular weight is 635 g/mol. The van der Waals surface area contributed by atoms with E-state index in [-0.39, 0.29) is 49.6 Å². The Labute approximate surface area is 251 Å². The van der Waals surface area contributed by atoms with Crippen LogP contribution in [0, 0.1) is 11.3 Å². The first-order valence-corrected chi connectivity index (χ1v) is 14.3. The van der Waals surface area contributed by atoms with Gasteiger partial charge in [0.1, 0.15) is 59.9 Å². The molecule has 0 aliphatic carbocycles. The predicted octanol–water partition coefficient (Wildman–Crippen LogP) is -1.42. The molecule has 0 spiro atoms. The Morgan fingerprint density at radius 2 is 1.77 bits per heavy atom. The van der Waals surface area contributed by atoms with Gasteiger partial charge in [-0.1, -0.05) is 6.92 Å². The van der Waals surface area contributed by atoms with Crippen molar-refractivity contribution in [1.29, 1.82) is 5.26 Å². The molecule has 1 aromatic heterocycles. The number of rotatable bonds is 15. The number of nitriles is 1. The molecule has 0 saturated carbocycles. The first-order chi connectivity index (χ1) is 20.0. The fourth-order valence-electron chi connectivity index (χ4n) is 4.02. The van der Waals surface area contributed by atoms with Crippen LogP contribution in [0.15, 0.2) is 18.7 Å². The van der Waals surface area contributed by atoms with Crippen LogP contribution in [0.5, 0.6) is 0 Å². The molecule has 236 valence electrons. The molecule has 3 rings (SSSR count). The van der Waals surface area contributed by atoms with Crippen LogP contribution in [-0.4, -0.2) is 96.0 Å². The quantitative estimate of drug-likeness (QED) is 0.0431. The highest BCUT2D eigenvalue weighted by molar-refractivity contribution is 7.41. The maximum atomic E-state index is 12.4. The highest BCUT2D eigenvalue weighted by atomic mass is 31.2. The van der Waals surface area contributed by atoms with Crippen molar-refractivity contribution >= 4 is 43.8 Å². The second kappa shape index (κ2) is 20.7. The number of nitrogens with zero attached hydrogens (tertiary/aromatic N) is 3. The number of carbonyl (C=O) groups excluding carboxylic acids is 2. The fraction of sp³-hybridized carbons (Fsp3) is 0.739. The molecule has 4 radical (unpaired) electrons. The number of esters is 2. The first-order valence-electron chi connectivity index (χ1n) is 13.2. The van der Waals surface area contributed by atoms with E-state index in [9.17, 15) is 22.5 Å². The van der Waals surface area contributed by atoms with Crippen LogP contribution in [0.25, 0.3) is 0 Å². The molecule has 2 fully saturated rings. The lowest BCUT2D eigenvalue weighted by molar-refractivity contribution is -0.671. The number of imidazole rings is 1. The van der Waals surface area contributed by atoms with Gasteiger partial charge in [0.15, 0.2) is 0 Å². The van der Waals surface area contributed by atoms with E-state index >= 15 is 0 Å². The number of carbonyl (C=O) groups is 2. The highest BCUT2D eigenvalue weighted by Gasteiger charge is 2.39. The van der Waals surface area contributed by atoms with E-state index < -0.39 is 58.7 Å². The Bertz CT molecular complexity index is 1010. The van der Waals surface area contributed by atoms with Gasteiger partial charge in [-0.15, -0.1) is 0 Å². The summed E-state index contributed by atoms with van der Waals surface area (Å²) >= 11 is 0. The summed E-state index contributed by atoms with van der Waals surface area (Å²) in [5, 5.41) is 8.83. The topological polar surface area (TPSA) is 131 Å². The van der Waals surface area contributed by atoms with E-state index in [1.54, 1.807) is 0 Å². The van der Waals surface area contributed by atoms with Crippen molar-refractivity contribution in [3.63, 3.8) is 0 Å². The monoisotopic (exact) mass is 635 g/mol. The smallest absolute Gasteiger partial charge is 0.762 e. The van der Waals surface area contributed by atoms with Crippen LogP contribution >= 0.6 is 8.60 Å². The van der Waals surface area contributed by atoms with E-state index in [4.69, 9.17) is 53.5 Å². The molecule has 2 saturated heterocycles. The summed E-state index contributed by atoms with van der Waals surface area (Å²) in [5.41, 5.74) is 0. The van der Waals surface area contributed by atoms with Gasteiger partial charge in [0.05, 0.1) is 45.0 Å². The summed E-state index contributed by atoms with van der Waals surface area (Å²) in [6.07, 6.45) is 4.64. The summed E-state index contributed by atoms with van der Waals surface area (Å²) in [4.78, 5) is 24.4. The zero-order valence-electron chi connectivity index (χ0n) is 23.8. The summed E-state index contributed by atoms with van der Waals surface area (Å²) in [5.74, 6) is -1.44. The summed E-state index contributed by atoms with van der Waals surface area (Å²) < 4.78 is 72.1. The normalized spacial score (nSPS) is 25.0. The van der Waals surface area contributed by atoms with Crippen molar-refractivity contribution < 1.29 is 64.3 Å². The lowest BCUT2D eigenvalue weighted by Gasteiger charge is -2.25. The highest BCUT2D eigenvalue weighted by Crippen LogP contribution is 2.45. The van der Waals surface area contributed by atoms with Crippen LogP contribution in [0.2, 0.25) is 0 Å². The number of aryl methyl sites for hydroxylation is 1. The SMILES string of the molecule is FB(F)F.[B][C@H]1C[C@@H](OC(=O)CC(=O)OCCn2cc[n+](C)c2)[C@@H](COP(OCCC#N)O[C@@H]2C[C@H]([B])O[C@@H]2CC)O1.[F-]. The van der Waals surface area contributed by atoms with Gasteiger partial charge in [0.25, 0.3) is 0 Å². The summed E-state index contributed by atoms with van der Waals surface area (Å²) in [7, 11) is 8.16. The number of hydrogen-bond acceptors (Lipinski definition) is 10. The Hall–Kier alpha value is -2.22. The molecule has 3 heterocycles. The molecule has 0 amide bonds. The number of halogens is 4. The van der Waals surface area contributed by atoms with Crippen molar-refractivity contribution in [2.24, 2.45) is 7.05 Å². The van der Waals surface area contributed by atoms with Gasteiger partial charge in [-0.2, -0.15) is 5.26 Å². The number of hydrogen-bond donors (Lipinski definition) is 0. The van der Waals surface area contributed by atoms with Gasteiger partial charge in [-0.05, 0) is 12.8 Å². The number of aromatic nitrogens is 2. The summed E-state index contributed by atoms with van der Waals surface area (Å²) in [6, 6.07) is 0.891. The van der Waals surface area contributed by atoms with Crippen LogP contribution in [-0.2, 0) is 55.7 Å². The molecule has 12 nitrogen and oxygen atoms in total. The first kappa shape index (κ1) is 38.8. The van der Waals surface area contributed by atoms with Crippen LogP contribution < -0.4 is 9.27 Å². The van der Waals surface area contributed by atoms with Gasteiger partial charge in [-0.25, -0.2) is 9.13 Å². The fourth-order valence-corrected chi connectivity index (χ4v) is 5.17. The molecule has 2 aliphatic heterocycles.